The molecule has 0 spiro atoms. The molecule has 0 aliphatic heterocycles. The molecule has 0 saturated heterocycles. The molecule has 1 fully saturated rings. The summed E-state index contributed by atoms with van der Waals surface area (Å²) < 4.78 is 83.8. The minimum Gasteiger partial charge on any atom is -0.457 e. The van der Waals surface area contributed by atoms with Crippen LogP contribution in [0.3, 0.4) is 0 Å². The maximum Gasteiger partial charge on any atom is 0.437 e. The minimum absolute atomic E-state index is 0.0295. The van der Waals surface area contributed by atoms with Crippen LogP contribution in [-0.2, 0) is 19.1 Å². The van der Waals surface area contributed by atoms with Crippen molar-refractivity contribution in [2.24, 2.45) is 5.92 Å². The Balaban J connectivity index is 2.72. The number of carbonyl (C=O) groups is 2. The molecule has 152 valence electrons. The van der Waals surface area contributed by atoms with Crippen molar-refractivity contribution in [3.63, 3.8) is 0 Å². The van der Waals surface area contributed by atoms with Gasteiger partial charge in [-0.15, -0.1) is 0 Å². The molecule has 0 amide bonds. The predicted octanol–water partition coefficient (Wildman–Crippen LogP) is 3.29. The number of alkyl halides is 6. The van der Waals surface area contributed by atoms with Crippen LogP contribution < -0.4 is 0 Å². The van der Waals surface area contributed by atoms with Crippen LogP contribution in [0.15, 0.2) is 0 Å². The summed E-state index contributed by atoms with van der Waals surface area (Å²) in [6.45, 7) is 1.64. The van der Waals surface area contributed by atoms with E-state index in [0.717, 1.165) is 32.1 Å². The normalized spacial score (nSPS) is 17.7. The van der Waals surface area contributed by atoms with Crippen molar-refractivity contribution in [2.75, 3.05) is 6.61 Å². The predicted molar refractivity (Wildman–Crippen MR) is 74.8 cm³/mol. The van der Waals surface area contributed by atoms with E-state index in [1.54, 1.807) is 13.8 Å². The van der Waals surface area contributed by atoms with Gasteiger partial charge in [-0.1, -0.05) is 19.3 Å². The molecule has 11 heteroatoms. The van der Waals surface area contributed by atoms with Gasteiger partial charge in [-0.05, 0) is 32.6 Å². The van der Waals surface area contributed by atoms with Crippen molar-refractivity contribution >= 4 is 11.9 Å². The number of hydrogen-bond acceptors (Lipinski definition) is 5. The van der Waals surface area contributed by atoms with Crippen LogP contribution in [0, 0.1) is 5.92 Å². The lowest BCUT2D eigenvalue weighted by Crippen LogP contribution is -2.63. The number of rotatable bonds is 5. The molecular weight excluding hydrogens is 374 g/mol. The standard InChI is InChI=1S/C15H20F6O5/c1-12(2,9-6-4-3-5-7-9)26-10(22)8-25-11(23)13(24,14(16,17)18)15(19,20)21/h9,24H,3-8H2,1-2H3. The molecule has 5 nitrogen and oxygen atoms in total. The van der Waals surface area contributed by atoms with Crippen molar-refractivity contribution in [2.45, 2.75) is 69.5 Å². The molecule has 26 heavy (non-hydrogen) atoms. The van der Waals surface area contributed by atoms with Gasteiger partial charge in [0.25, 0.3) is 0 Å². The summed E-state index contributed by atoms with van der Waals surface area (Å²) in [5, 5.41) is 8.83. The Kier molecular flexibility index (Phi) is 6.59. The Morgan fingerprint density at radius 1 is 0.962 bits per heavy atom. The molecule has 0 atom stereocenters. The number of halogens is 6. The van der Waals surface area contributed by atoms with Gasteiger partial charge in [0, 0.05) is 0 Å². The summed E-state index contributed by atoms with van der Waals surface area (Å²) in [7, 11) is 0. The van der Waals surface area contributed by atoms with Gasteiger partial charge < -0.3 is 14.6 Å². The first kappa shape index (κ1) is 22.5. The van der Waals surface area contributed by atoms with Crippen LogP contribution in [0.2, 0.25) is 0 Å². The fraction of sp³-hybridized carbons (Fsp3) is 0.867. The zero-order chi connectivity index (χ0) is 20.4. The Morgan fingerprint density at radius 2 is 1.42 bits per heavy atom. The van der Waals surface area contributed by atoms with Crippen molar-refractivity contribution in [1.29, 1.82) is 0 Å². The Labute approximate surface area is 145 Å². The van der Waals surface area contributed by atoms with Gasteiger partial charge in [-0.3, -0.25) is 0 Å². The van der Waals surface area contributed by atoms with Gasteiger partial charge >= 0.3 is 29.9 Å². The second-order valence-electron chi connectivity index (χ2n) is 6.69. The monoisotopic (exact) mass is 394 g/mol. The summed E-state index contributed by atoms with van der Waals surface area (Å²) in [5.41, 5.74) is -6.74. The van der Waals surface area contributed by atoms with Crippen LogP contribution >= 0.6 is 0 Å². The van der Waals surface area contributed by atoms with E-state index in [1.165, 1.54) is 0 Å². The van der Waals surface area contributed by atoms with E-state index in [1.807, 2.05) is 0 Å². The summed E-state index contributed by atoms with van der Waals surface area (Å²) in [4.78, 5) is 22.9. The van der Waals surface area contributed by atoms with E-state index in [-0.39, 0.29) is 5.92 Å². The van der Waals surface area contributed by atoms with Crippen LogP contribution in [-0.4, -0.2) is 47.2 Å². The maximum atomic E-state index is 12.5. The first-order chi connectivity index (χ1) is 11.6. The van der Waals surface area contributed by atoms with Crippen LogP contribution in [0.1, 0.15) is 46.0 Å². The van der Waals surface area contributed by atoms with E-state index >= 15 is 0 Å². The number of esters is 2. The van der Waals surface area contributed by atoms with Gasteiger partial charge in [0.15, 0.2) is 6.61 Å². The third kappa shape index (κ3) is 4.80. The number of aliphatic hydroxyl groups is 1. The number of hydrogen-bond donors (Lipinski definition) is 1. The lowest BCUT2D eigenvalue weighted by Gasteiger charge is -2.36. The molecule has 1 aliphatic rings. The van der Waals surface area contributed by atoms with Crippen LogP contribution in [0.25, 0.3) is 0 Å². The molecule has 1 aliphatic carbocycles. The molecule has 0 unspecified atom stereocenters. The lowest BCUT2D eigenvalue weighted by atomic mass is 9.79. The second-order valence-corrected chi connectivity index (χ2v) is 6.69. The topological polar surface area (TPSA) is 72.8 Å². The fourth-order valence-electron chi connectivity index (χ4n) is 2.83. The van der Waals surface area contributed by atoms with E-state index in [0.29, 0.717) is 0 Å². The quantitative estimate of drug-likeness (QED) is 0.572. The van der Waals surface area contributed by atoms with E-state index in [2.05, 4.69) is 4.74 Å². The Morgan fingerprint density at radius 3 is 1.85 bits per heavy atom. The SMILES string of the molecule is CC(C)(OC(=O)COC(=O)C(O)(C(F)(F)F)C(F)(F)F)C1CCCCC1. The molecule has 0 aromatic carbocycles. The Bertz CT molecular complexity index is 506. The smallest absolute Gasteiger partial charge is 0.437 e. The molecule has 0 radical (unpaired) electrons. The molecule has 0 heterocycles. The summed E-state index contributed by atoms with van der Waals surface area (Å²) in [5.74, 6) is -4.37. The van der Waals surface area contributed by atoms with E-state index < -0.39 is 42.1 Å². The van der Waals surface area contributed by atoms with E-state index in [9.17, 15) is 35.9 Å². The van der Waals surface area contributed by atoms with Gasteiger partial charge in [0.1, 0.15) is 5.60 Å². The van der Waals surface area contributed by atoms with Crippen molar-refractivity contribution in [3.8, 4) is 0 Å². The molecule has 1 N–H and O–H groups in total. The molecule has 1 saturated carbocycles. The van der Waals surface area contributed by atoms with Crippen LogP contribution in [0.4, 0.5) is 26.3 Å². The van der Waals surface area contributed by atoms with Gasteiger partial charge in [0.05, 0.1) is 0 Å². The number of carbonyl (C=O) groups excluding carboxylic acids is 2. The third-order valence-electron chi connectivity index (χ3n) is 4.40. The zero-order valence-corrected chi connectivity index (χ0v) is 14.2. The zero-order valence-electron chi connectivity index (χ0n) is 14.2. The van der Waals surface area contributed by atoms with Crippen LogP contribution in [0.5, 0.6) is 0 Å². The van der Waals surface area contributed by atoms with Gasteiger partial charge in [-0.2, -0.15) is 26.3 Å². The summed E-state index contributed by atoms with van der Waals surface area (Å²) in [6, 6.07) is 0. The first-order valence-corrected chi connectivity index (χ1v) is 7.88. The Hall–Kier alpha value is -1.52. The average molecular weight is 394 g/mol. The highest BCUT2D eigenvalue weighted by Gasteiger charge is 2.76. The highest BCUT2D eigenvalue weighted by molar-refractivity contribution is 5.84. The van der Waals surface area contributed by atoms with Gasteiger partial charge in [0.2, 0.25) is 0 Å². The molecule has 0 aromatic rings. The average Bonchev–Trinajstić information content (AvgIpc) is 2.50. The van der Waals surface area contributed by atoms with E-state index in [4.69, 9.17) is 9.84 Å². The first-order valence-electron chi connectivity index (χ1n) is 7.88. The fourth-order valence-corrected chi connectivity index (χ4v) is 2.83. The maximum absolute atomic E-state index is 12.5. The molecule has 0 bridgehead atoms. The minimum atomic E-state index is -6.37. The molecule has 0 aromatic heterocycles. The highest BCUT2D eigenvalue weighted by atomic mass is 19.4. The van der Waals surface area contributed by atoms with Gasteiger partial charge in [-0.25, -0.2) is 9.59 Å². The second kappa shape index (κ2) is 7.61. The molecular formula is C15H20F6O5. The lowest BCUT2D eigenvalue weighted by molar-refractivity contribution is -0.356. The van der Waals surface area contributed by atoms with Crippen molar-refractivity contribution in [1.82, 2.24) is 0 Å². The van der Waals surface area contributed by atoms with Crippen molar-refractivity contribution in [3.05, 3.63) is 0 Å². The largest absolute Gasteiger partial charge is 0.457 e. The summed E-state index contributed by atoms with van der Waals surface area (Å²) >= 11 is 0. The third-order valence-corrected chi connectivity index (χ3v) is 4.40. The summed E-state index contributed by atoms with van der Waals surface area (Å²) in [6.07, 6.45) is -8.40. The molecule has 1 rings (SSSR count). The number of ether oxygens (including phenoxy) is 2. The highest BCUT2D eigenvalue weighted by Crippen LogP contribution is 2.43. The van der Waals surface area contributed by atoms with Crippen molar-refractivity contribution < 1.29 is 50.5 Å².